The predicted octanol–water partition coefficient (Wildman–Crippen LogP) is 4.71. The van der Waals surface area contributed by atoms with Crippen molar-refractivity contribution in [3.63, 3.8) is 0 Å². The summed E-state index contributed by atoms with van der Waals surface area (Å²) in [5.74, 6) is 2.02. The number of hydrogen-bond acceptors (Lipinski definition) is 3. The minimum absolute atomic E-state index is 0.211. The molecule has 0 amide bonds. The maximum Gasteiger partial charge on any atom is 0.127 e. The zero-order valence-electron chi connectivity index (χ0n) is 15.1. The molecule has 132 valence electrons. The average molecular weight is 330 g/mol. The van der Waals surface area contributed by atoms with E-state index in [4.69, 9.17) is 9.84 Å². The lowest BCUT2D eigenvalue weighted by Gasteiger charge is -2.47. The number of aromatic hydroxyl groups is 1. The van der Waals surface area contributed by atoms with Crippen molar-refractivity contribution in [3.05, 3.63) is 34.9 Å². The van der Waals surface area contributed by atoms with Gasteiger partial charge in [0.15, 0.2) is 0 Å². The highest BCUT2D eigenvalue weighted by Crippen LogP contribution is 2.54. The van der Waals surface area contributed by atoms with Gasteiger partial charge in [0.2, 0.25) is 0 Å². The first-order valence-electron chi connectivity index (χ1n) is 9.23. The molecule has 1 aliphatic carbocycles. The molecule has 2 N–H and O–H groups in total. The Morgan fingerprint density at radius 1 is 1.21 bits per heavy atom. The van der Waals surface area contributed by atoms with Crippen LogP contribution >= 0.6 is 0 Å². The first-order valence-corrected chi connectivity index (χ1v) is 9.23. The lowest BCUT2D eigenvalue weighted by atomic mass is 9.67. The smallest absolute Gasteiger partial charge is 0.127 e. The second-order valence-electron chi connectivity index (χ2n) is 7.97. The van der Waals surface area contributed by atoms with Crippen molar-refractivity contribution in [2.24, 2.45) is 5.92 Å². The van der Waals surface area contributed by atoms with Gasteiger partial charge in [-0.05, 0) is 70.6 Å². The SMILES string of the molecule is CC1=CC[C@@H]2[C@@H](C1)c1c(O)cc(CCCCCO)cc1OC2(C)C. The highest BCUT2D eigenvalue weighted by Gasteiger charge is 2.45. The minimum atomic E-state index is -0.211. The number of fused-ring (bicyclic) bond motifs is 3. The lowest BCUT2D eigenvalue weighted by molar-refractivity contribution is 0.00752. The topological polar surface area (TPSA) is 49.7 Å². The Morgan fingerprint density at radius 2 is 2.00 bits per heavy atom. The number of phenolic OH excluding ortho intramolecular Hbond substituents is 1. The van der Waals surface area contributed by atoms with Gasteiger partial charge in [0.1, 0.15) is 17.1 Å². The van der Waals surface area contributed by atoms with Crippen LogP contribution in [0.25, 0.3) is 0 Å². The molecular formula is C21H30O3. The van der Waals surface area contributed by atoms with E-state index in [1.165, 1.54) is 5.57 Å². The zero-order chi connectivity index (χ0) is 17.3. The molecule has 3 rings (SSSR count). The number of aryl methyl sites for hydroxylation is 1. The van der Waals surface area contributed by atoms with E-state index >= 15 is 0 Å². The van der Waals surface area contributed by atoms with Gasteiger partial charge in [0.25, 0.3) is 0 Å². The molecule has 3 nitrogen and oxygen atoms in total. The second kappa shape index (κ2) is 6.79. The fraction of sp³-hybridized carbons (Fsp3) is 0.619. The molecule has 2 aliphatic rings. The van der Waals surface area contributed by atoms with Gasteiger partial charge in [-0.2, -0.15) is 0 Å². The van der Waals surface area contributed by atoms with E-state index in [2.05, 4.69) is 32.9 Å². The van der Waals surface area contributed by atoms with Gasteiger partial charge in [-0.15, -0.1) is 0 Å². The Labute approximate surface area is 145 Å². The summed E-state index contributed by atoms with van der Waals surface area (Å²) < 4.78 is 6.34. The number of rotatable bonds is 5. The van der Waals surface area contributed by atoms with Crippen LogP contribution in [-0.2, 0) is 6.42 Å². The summed E-state index contributed by atoms with van der Waals surface area (Å²) in [6.45, 7) is 6.79. The number of hydrogen-bond donors (Lipinski definition) is 2. The number of phenols is 1. The Kier molecular flexibility index (Phi) is 4.91. The number of benzene rings is 1. The van der Waals surface area contributed by atoms with E-state index in [1.807, 2.05) is 6.07 Å². The van der Waals surface area contributed by atoms with Crippen LogP contribution in [0, 0.1) is 5.92 Å². The Hall–Kier alpha value is -1.48. The van der Waals surface area contributed by atoms with Gasteiger partial charge < -0.3 is 14.9 Å². The highest BCUT2D eigenvalue weighted by atomic mass is 16.5. The van der Waals surface area contributed by atoms with Gasteiger partial charge in [0, 0.05) is 24.0 Å². The molecule has 0 spiro atoms. The van der Waals surface area contributed by atoms with Crippen molar-refractivity contribution in [1.29, 1.82) is 0 Å². The molecule has 1 aromatic rings. The second-order valence-corrected chi connectivity index (χ2v) is 7.97. The fourth-order valence-electron chi connectivity index (χ4n) is 4.38. The molecule has 0 unspecified atom stereocenters. The van der Waals surface area contributed by atoms with E-state index in [0.29, 0.717) is 17.6 Å². The molecule has 0 radical (unpaired) electrons. The summed E-state index contributed by atoms with van der Waals surface area (Å²) in [5.41, 5.74) is 3.33. The molecule has 0 fully saturated rings. The maximum atomic E-state index is 10.7. The Morgan fingerprint density at radius 3 is 2.75 bits per heavy atom. The molecule has 1 heterocycles. The van der Waals surface area contributed by atoms with Crippen LogP contribution in [0.5, 0.6) is 11.5 Å². The Bertz CT molecular complexity index is 630. The van der Waals surface area contributed by atoms with Gasteiger partial charge >= 0.3 is 0 Å². The molecule has 24 heavy (non-hydrogen) atoms. The third-order valence-electron chi connectivity index (χ3n) is 5.69. The lowest BCUT2D eigenvalue weighted by Crippen LogP contribution is -2.45. The number of aliphatic hydroxyl groups is 1. The van der Waals surface area contributed by atoms with Crippen molar-refractivity contribution in [1.82, 2.24) is 0 Å². The summed E-state index contributed by atoms with van der Waals surface area (Å²) in [6, 6.07) is 4.05. The van der Waals surface area contributed by atoms with Crippen LogP contribution in [-0.4, -0.2) is 22.4 Å². The van der Waals surface area contributed by atoms with Crippen molar-refractivity contribution in [3.8, 4) is 11.5 Å². The van der Waals surface area contributed by atoms with Crippen molar-refractivity contribution >= 4 is 0 Å². The number of ether oxygens (including phenoxy) is 1. The first kappa shape index (κ1) is 17.3. The number of aliphatic hydroxyl groups excluding tert-OH is 1. The van der Waals surface area contributed by atoms with Crippen LogP contribution in [0.1, 0.15) is 69.9 Å². The van der Waals surface area contributed by atoms with Gasteiger partial charge in [-0.1, -0.05) is 18.1 Å². The molecule has 2 atom stereocenters. The largest absolute Gasteiger partial charge is 0.508 e. The Balaban J connectivity index is 1.89. The van der Waals surface area contributed by atoms with Crippen LogP contribution in [0.4, 0.5) is 0 Å². The van der Waals surface area contributed by atoms with Crippen LogP contribution in [0.2, 0.25) is 0 Å². The quantitative estimate of drug-likeness (QED) is 0.607. The molecular weight excluding hydrogens is 300 g/mol. The summed E-state index contributed by atoms with van der Waals surface area (Å²) in [7, 11) is 0. The molecule has 0 saturated carbocycles. The summed E-state index contributed by atoms with van der Waals surface area (Å²) in [6.07, 6.45) is 8.14. The molecule has 0 saturated heterocycles. The van der Waals surface area contributed by atoms with E-state index < -0.39 is 0 Å². The minimum Gasteiger partial charge on any atom is -0.508 e. The van der Waals surface area contributed by atoms with E-state index in [9.17, 15) is 5.11 Å². The molecule has 3 heteroatoms. The predicted molar refractivity (Wildman–Crippen MR) is 96.7 cm³/mol. The van der Waals surface area contributed by atoms with E-state index in [0.717, 1.165) is 55.4 Å². The van der Waals surface area contributed by atoms with E-state index in [-0.39, 0.29) is 12.2 Å². The fourth-order valence-corrected chi connectivity index (χ4v) is 4.38. The summed E-state index contributed by atoms with van der Waals surface area (Å²) >= 11 is 0. The van der Waals surface area contributed by atoms with Crippen LogP contribution < -0.4 is 4.74 Å². The van der Waals surface area contributed by atoms with Crippen LogP contribution in [0.3, 0.4) is 0 Å². The van der Waals surface area contributed by atoms with Gasteiger partial charge in [0.05, 0.1) is 0 Å². The average Bonchev–Trinajstić information content (AvgIpc) is 2.50. The number of allylic oxidation sites excluding steroid dienone is 2. The standard InChI is InChI=1S/C21H30O3/c1-14-8-9-17-16(11-14)20-18(23)12-15(7-5-4-6-10-22)13-19(20)24-21(17,2)3/h8,12-13,16-17,22-23H,4-7,9-11H2,1-3H3/t16-,17-/m1/s1. The third-order valence-corrected chi connectivity index (χ3v) is 5.69. The molecule has 1 aromatic carbocycles. The number of unbranched alkanes of at least 4 members (excludes halogenated alkanes) is 2. The molecule has 0 aromatic heterocycles. The normalized spacial score (nSPS) is 24.6. The van der Waals surface area contributed by atoms with Gasteiger partial charge in [-0.25, -0.2) is 0 Å². The van der Waals surface area contributed by atoms with Crippen molar-refractivity contribution in [2.75, 3.05) is 6.61 Å². The molecule has 1 aliphatic heterocycles. The monoisotopic (exact) mass is 330 g/mol. The maximum absolute atomic E-state index is 10.7. The summed E-state index contributed by atoms with van der Waals surface area (Å²) in [5, 5.41) is 19.6. The van der Waals surface area contributed by atoms with Crippen LogP contribution in [0.15, 0.2) is 23.8 Å². The molecule has 0 bridgehead atoms. The highest BCUT2D eigenvalue weighted by molar-refractivity contribution is 5.52. The van der Waals surface area contributed by atoms with Crippen molar-refractivity contribution < 1.29 is 14.9 Å². The van der Waals surface area contributed by atoms with E-state index in [1.54, 1.807) is 0 Å². The summed E-state index contributed by atoms with van der Waals surface area (Å²) in [4.78, 5) is 0. The third kappa shape index (κ3) is 3.32. The van der Waals surface area contributed by atoms with Crippen molar-refractivity contribution in [2.45, 2.75) is 70.8 Å². The first-order chi connectivity index (χ1) is 11.4. The zero-order valence-corrected chi connectivity index (χ0v) is 15.1. The van der Waals surface area contributed by atoms with Gasteiger partial charge in [-0.3, -0.25) is 0 Å².